The number of para-hydroxylation sites is 2. The van der Waals surface area contributed by atoms with Crippen molar-refractivity contribution in [1.29, 1.82) is 0 Å². The molecule has 0 aliphatic carbocycles. The summed E-state index contributed by atoms with van der Waals surface area (Å²) in [4.78, 5) is 8.65. The Hall–Kier alpha value is -1.75. The van der Waals surface area contributed by atoms with Gasteiger partial charge < -0.3 is 15.2 Å². The molecule has 0 bridgehead atoms. The summed E-state index contributed by atoms with van der Waals surface area (Å²) >= 11 is 0. The number of terminal acetylenes is 1. The third kappa shape index (κ3) is 4.36. The molecule has 112 valence electrons. The van der Waals surface area contributed by atoms with Gasteiger partial charge in [-0.2, -0.15) is 0 Å². The van der Waals surface area contributed by atoms with Crippen LogP contribution in [-0.4, -0.2) is 35.6 Å². The fourth-order valence-corrected chi connectivity index (χ4v) is 2.12. The Morgan fingerprint density at radius 2 is 2.14 bits per heavy atom. The number of guanidine groups is 1. The quantitative estimate of drug-likeness (QED) is 0.358. The van der Waals surface area contributed by atoms with E-state index in [1.165, 1.54) is 0 Å². The van der Waals surface area contributed by atoms with Crippen LogP contribution in [0.2, 0.25) is 0 Å². The zero-order chi connectivity index (χ0) is 14.4. The van der Waals surface area contributed by atoms with Crippen molar-refractivity contribution >= 4 is 41.0 Å². The summed E-state index contributed by atoms with van der Waals surface area (Å²) in [6, 6.07) is 8.14. The van der Waals surface area contributed by atoms with Crippen molar-refractivity contribution in [1.82, 2.24) is 20.2 Å². The van der Waals surface area contributed by atoms with E-state index in [2.05, 4.69) is 37.2 Å². The van der Waals surface area contributed by atoms with Crippen LogP contribution >= 0.6 is 24.0 Å². The lowest BCUT2D eigenvalue weighted by Gasteiger charge is -2.11. The first-order chi connectivity index (χ1) is 9.76. The van der Waals surface area contributed by atoms with Crippen LogP contribution in [0.3, 0.4) is 0 Å². The van der Waals surface area contributed by atoms with Gasteiger partial charge in [-0.05, 0) is 19.1 Å². The van der Waals surface area contributed by atoms with Crippen LogP contribution in [0.25, 0.3) is 11.0 Å². The number of benzene rings is 1. The van der Waals surface area contributed by atoms with E-state index in [9.17, 15) is 0 Å². The molecule has 1 aromatic heterocycles. The monoisotopic (exact) mass is 397 g/mol. The number of nitrogens with one attached hydrogen (secondary N) is 2. The van der Waals surface area contributed by atoms with E-state index in [-0.39, 0.29) is 24.0 Å². The molecule has 21 heavy (non-hydrogen) atoms. The van der Waals surface area contributed by atoms with Gasteiger partial charge >= 0.3 is 0 Å². The molecule has 0 radical (unpaired) electrons. The molecular formula is C15H20IN5. The number of hydrogen-bond acceptors (Lipinski definition) is 2. The second kappa shape index (κ2) is 8.52. The Labute approximate surface area is 142 Å². The molecule has 2 rings (SSSR count). The van der Waals surface area contributed by atoms with E-state index in [1.54, 1.807) is 7.05 Å². The fraction of sp³-hybridized carbons (Fsp3) is 0.333. The Morgan fingerprint density at radius 1 is 1.38 bits per heavy atom. The van der Waals surface area contributed by atoms with Crippen molar-refractivity contribution in [2.45, 2.75) is 13.5 Å². The molecule has 2 aromatic rings. The van der Waals surface area contributed by atoms with Gasteiger partial charge in [0.1, 0.15) is 5.82 Å². The molecule has 0 amide bonds. The number of halogens is 1. The summed E-state index contributed by atoms with van der Waals surface area (Å²) in [7, 11) is 1.73. The van der Waals surface area contributed by atoms with Gasteiger partial charge in [0.05, 0.1) is 17.6 Å². The van der Waals surface area contributed by atoms with Crippen molar-refractivity contribution in [2.75, 3.05) is 20.1 Å². The molecule has 0 atom stereocenters. The number of aliphatic imine (C=N–C) groups is 1. The van der Waals surface area contributed by atoms with Gasteiger partial charge in [-0.3, -0.25) is 4.99 Å². The smallest absolute Gasteiger partial charge is 0.191 e. The topological polar surface area (TPSA) is 54.2 Å². The molecule has 0 aliphatic heterocycles. The van der Waals surface area contributed by atoms with E-state index in [0.717, 1.165) is 29.9 Å². The molecule has 0 fully saturated rings. The van der Waals surface area contributed by atoms with Crippen molar-refractivity contribution in [3.8, 4) is 12.3 Å². The number of aryl methyl sites for hydroxylation is 1. The van der Waals surface area contributed by atoms with Crippen LogP contribution in [-0.2, 0) is 6.54 Å². The van der Waals surface area contributed by atoms with Crippen LogP contribution in [0.5, 0.6) is 0 Å². The van der Waals surface area contributed by atoms with Crippen LogP contribution in [0.1, 0.15) is 5.82 Å². The van der Waals surface area contributed by atoms with Crippen LogP contribution in [0, 0.1) is 19.3 Å². The number of nitrogens with zero attached hydrogens (tertiary/aromatic N) is 3. The lowest BCUT2D eigenvalue weighted by atomic mass is 10.3. The van der Waals surface area contributed by atoms with Crippen LogP contribution < -0.4 is 10.6 Å². The van der Waals surface area contributed by atoms with Crippen molar-refractivity contribution in [2.24, 2.45) is 4.99 Å². The molecule has 0 unspecified atom stereocenters. The highest BCUT2D eigenvalue weighted by molar-refractivity contribution is 14.0. The Kier molecular flexibility index (Phi) is 7.02. The predicted octanol–water partition coefficient (Wildman–Crippen LogP) is 1.76. The van der Waals surface area contributed by atoms with E-state index in [0.29, 0.717) is 12.5 Å². The molecule has 0 saturated heterocycles. The third-order valence-electron chi connectivity index (χ3n) is 3.05. The fourth-order valence-electron chi connectivity index (χ4n) is 2.12. The molecule has 1 aromatic carbocycles. The molecular weight excluding hydrogens is 377 g/mol. The first kappa shape index (κ1) is 17.3. The highest BCUT2D eigenvalue weighted by Crippen LogP contribution is 2.14. The number of rotatable bonds is 4. The van der Waals surface area contributed by atoms with Gasteiger partial charge in [-0.15, -0.1) is 30.4 Å². The summed E-state index contributed by atoms with van der Waals surface area (Å²) in [5.74, 6) is 4.25. The van der Waals surface area contributed by atoms with Gasteiger partial charge in [-0.25, -0.2) is 4.98 Å². The van der Waals surface area contributed by atoms with Gasteiger partial charge in [0.15, 0.2) is 5.96 Å². The number of aromatic nitrogens is 2. The van der Waals surface area contributed by atoms with Crippen molar-refractivity contribution in [3.05, 3.63) is 30.1 Å². The maximum Gasteiger partial charge on any atom is 0.191 e. The van der Waals surface area contributed by atoms with Crippen LogP contribution in [0.15, 0.2) is 29.3 Å². The Balaban J connectivity index is 0.00000220. The third-order valence-corrected chi connectivity index (χ3v) is 3.05. The first-order valence-electron chi connectivity index (χ1n) is 6.56. The number of imidazole rings is 1. The van der Waals surface area contributed by atoms with Crippen LogP contribution in [0.4, 0.5) is 0 Å². The molecule has 0 saturated carbocycles. The second-order valence-electron chi connectivity index (χ2n) is 4.36. The van der Waals surface area contributed by atoms with Gasteiger partial charge in [0.2, 0.25) is 0 Å². The van der Waals surface area contributed by atoms with E-state index in [1.807, 2.05) is 25.1 Å². The van der Waals surface area contributed by atoms with Crippen molar-refractivity contribution < 1.29 is 0 Å². The largest absolute Gasteiger partial charge is 0.355 e. The summed E-state index contributed by atoms with van der Waals surface area (Å²) in [6.07, 6.45) is 5.21. The molecule has 5 nitrogen and oxygen atoms in total. The second-order valence-corrected chi connectivity index (χ2v) is 4.36. The summed E-state index contributed by atoms with van der Waals surface area (Å²) in [5.41, 5.74) is 2.18. The molecule has 6 heteroatoms. The minimum atomic E-state index is 0. The average molecular weight is 397 g/mol. The summed E-state index contributed by atoms with van der Waals surface area (Å²) in [5, 5.41) is 6.26. The maximum absolute atomic E-state index is 5.21. The molecule has 0 aliphatic rings. The highest BCUT2D eigenvalue weighted by atomic mass is 127. The predicted molar refractivity (Wildman–Crippen MR) is 98.1 cm³/mol. The SMILES string of the molecule is C#CCNC(=NC)NCCn1c(C)nc2ccccc21.I. The number of fused-ring (bicyclic) bond motifs is 1. The Bertz CT molecular complexity index is 654. The van der Waals surface area contributed by atoms with E-state index < -0.39 is 0 Å². The summed E-state index contributed by atoms with van der Waals surface area (Å²) in [6.45, 7) is 4.06. The minimum Gasteiger partial charge on any atom is -0.355 e. The first-order valence-corrected chi connectivity index (χ1v) is 6.56. The van der Waals surface area contributed by atoms with E-state index in [4.69, 9.17) is 6.42 Å². The molecule has 2 N–H and O–H groups in total. The normalized spacial score (nSPS) is 10.8. The van der Waals surface area contributed by atoms with Gasteiger partial charge in [-0.1, -0.05) is 18.1 Å². The van der Waals surface area contributed by atoms with E-state index >= 15 is 0 Å². The summed E-state index contributed by atoms with van der Waals surface area (Å²) < 4.78 is 2.19. The lowest BCUT2D eigenvalue weighted by Crippen LogP contribution is -2.39. The standard InChI is InChI=1S/C15H19N5.HI/c1-4-9-17-15(16-3)18-10-11-20-12(2)19-13-7-5-6-8-14(13)20;/h1,5-8H,9-11H2,2-3H3,(H2,16,17,18);1H. The van der Waals surface area contributed by atoms with Gasteiger partial charge in [0, 0.05) is 20.1 Å². The zero-order valence-corrected chi connectivity index (χ0v) is 14.6. The van der Waals surface area contributed by atoms with Crippen molar-refractivity contribution in [3.63, 3.8) is 0 Å². The number of hydrogen-bond donors (Lipinski definition) is 2. The van der Waals surface area contributed by atoms with Gasteiger partial charge in [0.25, 0.3) is 0 Å². The highest BCUT2D eigenvalue weighted by Gasteiger charge is 2.06. The average Bonchev–Trinajstić information content (AvgIpc) is 2.78. The minimum absolute atomic E-state index is 0. The Morgan fingerprint density at radius 3 is 2.86 bits per heavy atom. The molecule has 1 heterocycles. The lowest BCUT2D eigenvalue weighted by molar-refractivity contribution is 0.663. The molecule has 0 spiro atoms. The zero-order valence-electron chi connectivity index (χ0n) is 12.3. The maximum atomic E-state index is 5.21.